The molecule has 2 aromatic rings. The molecular weight excluding hydrogens is 421 g/mol. The predicted molar refractivity (Wildman–Crippen MR) is 89.0 cm³/mol. The molecule has 0 aliphatic heterocycles. The molecule has 1 aromatic heterocycles. The number of hydrogen-bond acceptors (Lipinski definition) is 0. The van der Waals surface area contributed by atoms with Crippen molar-refractivity contribution in [3.8, 4) is 0 Å². The Balaban J connectivity index is 0.000000960. The third-order valence-electron chi connectivity index (χ3n) is 4.29. The summed E-state index contributed by atoms with van der Waals surface area (Å²) < 4.78 is 2.53. The van der Waals surface area contributed by atoms with E-state index in [4.69, 9.17) is 0 Å². The molecule has 0 N–H and O–H groups in total. The zero-order chi connectivity index (χ0) is 14.2. The molecule has 1 atom stereocenters. The van der Waals surface area contributed by atoms with Crippen molar-refractivity contribution < 1.29 is 48.0 Å². The molecule has 2 aliphatic carbocycles. The van der Waals surface area contributed by atoms with Crippen LogP contribution in [0, 0.1) is 0 Å². The fourth-order valence-electron chi connectivity index (χ4n) is 3.15. The molecule has 4 rings (SSSR count). The topological polar surface area (TPSA) is 0 Å². The standard InChI is InChI=1S/C13H10P.C6H7.2ClH.Zr/c1-2-6-12-10-13(9-11(12)5-1)14-7-3-4-8-14;1-6-4-2-3-5-6;;;/h1-10H;2,4H,3H2,1H3;2*1H;/q;;;;+2/p-2. The first-order valence-electron chi connectivity index (χ1n) is 7.39. The molecule has 23 heavy (non-hydrogen) atoms. The zero-order valence-corrected chi connectivity index (χ0v) is 17.7. The SMILES string of the molecule is CC1=[C]([Zr+2][CH]2C(p3cccc3)=Cc3ccccc32)CC=C1.[Cl-].[Cl-]. The molecule has 0 nitrogen and oxygen atoms in total. The van der Waals surface area contributed by atoms with Crippen molar-refractivity contribution >= 4 is 18.9 Å². The Hall–Kier alpha value is -0.317. The molecule has 4 heteroatoms. The predicted octanol–water partition coefficient (Wildman–Crippen LogP) is 0.0504. The normalized spacial score (nSPS) is 18.0. The van der Waals surface area contributed by atoms with Gasteiger partial charge in [0.05, 0.1) is 0 Å². The van der Waals surface area contributed by atoms with Crippen LogP contribution >= 0.6 is 7.53 Å². The third kappa shape index (κ3) is 3.69. The Morgan fingerprint density at radius 1 is 1.04 bits per heavy atom. The molecule has 116 valence electrons. The number of allylic oxidation sites excluding steroid dienone is 5. The Bertz CT molecular complexity index is 772. The van der Waals surface area contributed by atoms with E-state index in [1.54, 1.807) is 19.7 Å². The van der Waals surface area contributed by atoms with Gasteiger partial charge in [-0.15, -0.1) is 0 Å². The van der Waals surface area contributed by atoms with Crippen LogP contribution in [0.3, 0.4) is 0 Å². The molecule has 0 saturated heterocycles. The molecule has 1 heterocycles. The summed E-state index contributed by atoms with van der Waals surface area (Å²) in [7, 11) is -0.167. The van der Waals surface area contributed by atoms with Crippen LogP contribution in [0.1, 0.15) is 28.1 Å². The molecule has 0 fully saturated rings. The van der Waals surface area contributed by atoms with Crippen molar-refractivity contribution in [1.82, 2.24) is 0 Å². The van der Waals surface area contributed by atoms with Crippen LogP contribution in [-0.2, 0) is 23.2 Å². The van der Waals surface area contributed by atoms with Gasteiger partial charge in [-0.2, -0.15) is 0 Å². The van der Waals surface area contributed by atoms with Crippen LogP contribution in [0.2, 0.25) is 0 Å². The van der Waals surface area contributed by atoms with Crippen LogP contribution in [-0.4, -0.2) is 0 Å². The second-order valence-electron chi connectivity index (χ2n) is 5.63. The summed E-state index contributed by atoms with van der Waals surface area (Å²) in [5.74, 6) is 4.82. The van der Waals surface area contributed by atoms with Gasteiger partial charge >= 0.3 is 139 Å². The average Bonchev–Trinajstić information content (AvgIpc) is 3.21. The maximum Gasteiger partial charge on any atom is -1.00 e. The van der Waals surface area contributed by atoms with Crippen LogP contribution in [0.5, 0.6) is 0 Å². The van der Waals surface area contributed by atoms with Gasteiger partial charge in [-0.05, 0) is 0 Å². The first-order valence-corrected chi connectivity index (χ1v) is 11.5. The van der Waals surface area contributed by atoms with E-state index < -0.39 is 23.2 Å². The number of fused-ring (bicyclic) bond motifs is 1. The summed E-state index contributed by atoms with van der Waals surface area (Å²) >= 11 is -0.602. The monoisotopic (exact) mass is 436 g/mol. The van der Waals surface area contributed by atoms with E-state index in [1.165, 1.54) is 12.0 Å². The van der Waals surface area contributed by atoms with E-state index in [1.807, 2.05) is 0 Å². The third-order valence-corrected chi connectivity index (χ3v) is 11.4. The van der Waals surface area contributed by atoms with E-state index in [-0.39, 0.29) is 32.3 Å². The summed E-state index contributed by atoms with van der Waals surface area (Å²) in [6.07, 6.45) is 8.37. The Morgan fingerprint density at radius 2 is 1.78 bits per heavy atom. The summed E-state index contributed by atoms with van der Waals surface area (Å²) in [5.41, 5.74) is 4.62. The summed E-state index contributed by atoms with van der Waals surface area (Å²) in [5, 5.41) is 1.70. The zero-order valence-electron chi connectivity index (χ0n) is 12.8. The van der Waals surface area contributed by atoms with Crippen LogP contribution in [0.15, 0.2) is 69.0 Å². The number of benzene rings is 1. The van der Waals surface area contributed by atoms with Gasteiger partial charge in [0.1, 0.15) is 0 Å². The Labute approximate surface area is 163 Å². The molecule has 0 radical (unpaired) electrons. The Kier molecular flexibility index (Phi) is 6.76. The van der Waals surface area contributed by atoms with Crippen molar-refractivity contribution in [1.29, 1.82) is 0 Å². The summed E-state index contributed by atoms with van der Waals surface area (Å²) in [4.78, 5) is 0. The molecule has 0 saturated carbocycles. The minimum atomic E-state index is -0.602. The number of rotatable bonds is 3. The van der Waals surface area contributed by atoms with Crippen molar-refractivity contribution in [3.05, 3.63) is 80.1 Å². The number of hydrogen-bond donors (Lipinski definition) is 0. The van der Waals surface area contributed by atoms with Crippen LogP contribution in [0.4, 0.5) is 0 Å². The molecular formula is C19H17Cl2PZr. The quantitative estimate of drug-likeness (QED) is 0.636. The maximum atomic E-state index is 2.49. The molecule has 0 spiro atoms. The van der Waals surface area contributed by atoms with Gasteiger partial charge < -0.3 is 24.8 Å². The van der Waals surface area contributed by atoms with Gasteiger partial charge in [-0.25, -0.2) is 0 Å². The van der Waals surface area contributed by atoms with E-state index in [0.29, 0.717) is 0 Å². The molecule has 1 unspecified atom stereocenters. The van der Waals surface area contributed by atoms with Gasteiger partial charge in [0.15, 0.2) is 0 Å². The minimum Gasteiger partial charge on any atom is -1.00 e. The molecule has 0 bridgehead atoms. The largest absolute Gasteiger partial charge is 1.00 e. The van der Waals surface area contributed by atoms with Gasteiger partial charge in [-0.1, -0.05) is 0 Å². The molecule has 0 amide bonds. The summed E-state index contributed by atoms with van der Waals surface area (Å²) in [6, 6.07) is 13.5. The first kappa shape index (κ1) is 19.0. The van der Waals surface area contributed by atoms with Crippen molar-refractivity contribution in [3.63, 3.8) is 0 Å². The van der Waals surface area contributed by atoms with Crippen LogP contribution < -0.4 is 24.8 Å². The van der Waals surface area contributed by atoms with Crippen molar-refractivity contribution in [2.75, 3.05) is 0 Å². The van der Waals surface area contributed by atoms with E-state index in [9.17, 15) is 0 Å². The van der Waals surface area contributed by atoms with Gasteiger partial charge in [0.25, 0.3) is 0 Å². The minimum absolute atomic E-state index is 0. The van der Waals surface area contributed by atoms with E-state index in [0.717, 1.165) is 3.63 Å². The van der Waals surface area contributed by atoms with Gasteiger partial charge in [-0.3, -0.25) is 0 Å². The second kappa shape index (κ2) is 8.18. The molecule has 1 aromatic carbocycles. The molecule has 2 aliphatic rings. The maximum absolute atomic E-state index is 2.49. The van der Waals surface area contributed by atoms with Crippen molar-refractivity contribution in [2.24, 2.45) is 0 Å². The van der Waals surface area contributed by atoms with E-state index in [2.05, 4.69) is 73.1 Å². The number of halogens is 2. The van der Waals surface area contributed by atoms with E-state index >= 15 is 0 Å². The summed E-state index contributed by atoms with van der Waals surface area (Å²) in [6.45, 7) is 2.30. The first-order chi connectivity index (χ1) is 10.3. The van der Waals surface area contributed by atoms with Crippen molar-refractivity contribution in [2.45, 2.75) is 17.0 Å². The Morgan fingerprint density at radius 3 is 2.48 bits per heavy atom. The van der Waals surface area contributed by atoms with Crippen LogP contribution in [0.25, 0.3) is 11.4 Å². The average molecular weight is 438 g/mol. The van der Waals surface area contributed by atoms with Gasteiger partial charge in [0.2, 0.25) is 0 Å². The fraction of sp³-hybridized carbons (Fsp3) is 0.158. The second-order valence-corrected chi connectivity index (χ2v) is 11.2. The smallest absolute Gasteiger partial charge is 1.00 e. The fourth-order valence-corrected chi connectivity index (χ4v) is 10.2. The van der Waals surface area contributed by atoms with Gasteiger partial charge in [0, 0.05) is 0 Å².